The molecule has 0 aliphatic carbocycles. The molecule has 1 aromatic rings. The number of anilines is 1. The molecule has 1 aliphatic heterocycles. The van der Waals surface area contributed by atoms with Crippen LogP contribution in [-0.4, -0.2) is 40.6 Å². The van der Waals surface area contributed by atoms with Crippen molar-refractivity contribution in [3.05, 3.63) is 29.6 Å². The Bertz CT molecular complexity index is 741. The largest absolute Gasteiger partial charge is 0.598 e. The summed E-state index contributed by atoms with van der Waals surface area (Å²) in [5, 5.41) is 2.86. The van der Waals surface area contributed by atoms with Gasteiger partial charge in [-0.25, -0.2) is 9.18 Å². The summed E-state index contributed by atoms with van der Waals surface area (Å²) in [4.78, 5) is 14.1. The van der Waals surface area contributed by atoms with Crippen molar-refractivity contribution in [2.24, 2.45) is 5.92 Å². The normalized spacial score (nSPS) is 17.9. The van der Waals surface area contributed by atoms with Gasteiger partial charge in [-0.2, -0.15) is 0 Å². The predicted molar refractivity (Wildman–Crippen MR) is 125 cm³/mol. The minimum Gasteiger partial charge on any atom is -0.598 e. The van der Waals surface area contributed by atoms with E-state index in [2.05, 4.69) is 14.9 Å². The average Bonchev–Trinajstić information content (AvgIpc) is 2.64. The van der Waals surface area contributed by atoms with E-state index in [1.165, 1.54) is 12.1 Å². The van der Waals surface area contributed by atoms with E-state index >= 15 is 0 Å². The highest BCUT2D eigenvalue weighted by atomic mass is 32.2. The van der Waals surface area contributed by atoms with Crippen LogP contribution in [0.1, 0.15) is 72.9 Å². The molecule has 8 heteroatoms. The van der Waals surface area contributed by atoms with E-state index < -0.39 is 21.7 Å². The number of carbonyl (C=O) groups excluding carboxylic acids is 1. The molecule has 0 bridgehead atoms. The summed E-state index contributed by atoms with van der Waals surface area (Å²) in [6.45, 7) is 15.4. The van der Waals surface area contributed by atoms with Crippen LogP contribution in [0.5, 0.6) is 0 Å². The smallest absolute Gasteiger partial charge is 0.407 e. The van der Waals surface area contributed by atoms with Crippen LogP contribution < -0.4 is 14.9 Å². The van der Waals surface area contributed by atoms with Crippen LogP contribution in [0.4, 0.5) is 14.9 Å². The zero-order chi connectivity index (χ0) is 23.4. The zero-order valence-electron chi connectivity index (χ0n) is 19.9. The van der Waals surface area contributed by atoms with Gasteiger partial charge in [0.05, 0.1) is 6.04 Å². The molecular formula is C23H38FN3O3S. The van der Waals surface area contributed by atoms with E-state index in [1.807, 2.05) is 54.5 Å². The summed E-state index contributed by atoms with van der Waals surface area (Å²) >= 11 is -1.25. The topological polar surface area (TPSA) is 76.7 Å². The number of alkyl carbamates (subject to hydrolysis) is 1. The van der Waals surface area contributed by atoms with Crippen molar-refractivity contribution < 1.29 is 18.5 Å². The number of rotatable bonds is 6. The number of ether oxygens (including phenoxy) is 1. The van der Waals surface area contributed by atoms with Crippen LogP contribution in [0.2, 0.25) is 0 Å². The first-order valence-electron chi connectivity index (χ1n) is 11.0. The second-order valence-electron chi connectivity index (χ2n) is 10.2. The highest BCUT2D eigenvalue weighted by molar-refractivity contribution is 7.90. The van der Waals surface area contributed by atoms with E-state index in [1.54, 1.807) is 0 Å². The SMILES string of the molecule is C[C@@H](N[S+]([O-])C(C)(C)C)c1cc(F)ccc1N1CCC(CNC(=O)OC(C)(C)C)CC1. The van der Waals surface area contributed by atoms with Crippen molar-refractivity contribution in [1.29, 1.82) is 0 Å². The molecule has 1 aliphatic rings. The molecule has 1 aromatic carbocycles. The quantitative estimate of drug-likeness (QED) is 0.609. The third-order valence-electron chi connectivity index (χ3n) is 5.19. The van der Waals surface area contributed by atoms with Gasteiger partial charge in [-0.15, -0.1) is 4.72 Å². The molecule has 176 valence electrons. The van der Waals surface area contributed by atoms with E-state index in [-0.39, 0.29) is 18.0 Å². The Morgan fingerprint density at radius 3 is 2.42 bits per heavy atom. The fourth-order valence-electron chi connectivity index (χ4n) is 3.48. The van der Waals surface area contributed by atoms with Crippen molar-refractivity contribution in [3.8, 4) is 0 Å². The molecule has 2 atom stereocenters. The first kappa shape index (κ1) is 25.7. The Hall–Kier alpha value is -1.51. The molecule has 0 radical (unpaired) electrons. The average molecular weight is 456 g/mol. The summed E-state index contributed by atoms with van der Waals surface area (Å²) in [7, 11) is 0. The van der Waals surface area contributed by atoms with Crippen LogP contribution in [0, 0.1) is 11.7 Å². The fourth-order valence-corrected chi connectivity index (χ4v) is 4.28. The lowest BCUT2D eigenvalue weighted by Crippen LogP contribution is -2.42. The van der Waals surface area contributed by atoms with Gasteiger partial charge in [-0.3, -0.25) is 0 Å². The van der Waals surface area contributed by atoms with Gasteiger partial charge in [0.25, 0.3) is 0 Å². The maximum atomic E-state index is 14.0. The van der Waals surface area contributed by atoms with Crippen molar-refractivity contribution in [2.45, 2.75) is 77.7 Å². The highest BCUT2D eigenvalue weighted by Crippen LogP contribution is 2.32. The number of carbonyl (C=O) groups is 1. The molecule has 31 heavy (non-hydrogen) atoms. The molecule has 0 spiro atoms. The Balaban J connectivity index is 1.98. The second-order valence-corrected chi connectivity index (χ2v) is 12.2. The summed E-state index contributed by atoms with van der Waals surface area (Å²) in [6.07, 6.45) is 1.45. The lowest BCUT2D eigenvalue weighted by atomic mass is 9.95. The lowest BCUT2D eigenvalue weighted by molar-refractivity contribution is 0.0517. The number of halogens is 1. The molecule has 0 aromatic heterocycles. The molecule has 6 nitrogen and oxygen atoms in total. The van der Waals surface area contributed by atoms with Crippen LogP contribution in [0.15, 0.2) is 18.2 Å². The lowest BCUT2D eigenvalue weighted by Gasteiger charge is -2.36. The van der Waals surface area contributed by atoms with Crippen molar-refractivity contribution >= 4 is 23.1 Å². The van der Waals surface area contributed by atoms with E-state index in [4.69, 9.17) is 4.74 Å². The molecule has 1 fully saturated rings. The van der Waals surface area contributed by atoms with Gasteiger partial charge < -0.3 is 19.5 Å². The minimum atomic E-state index is -1.25. The van der Waals surface area contributed by atoms with E-state index in [0.717, 1.165) is 37.2 Å². The van der Waals surface area contributed by atoms with Crippen LogP contribution in [0.25, 0.3) is 0 Å². The van der Waals surface area contributed by atoms with E-state index in [9.17, 15) is 13.7 Å². The predicted octanol–water partition coefficient (Wildman–Crippen LogP) is 4.68. The second kappa shape index (κ2) is 10.4. The van der Waals surface area contributed by atoms with Gasteiger partial charge in [-0.1, -0.05) is 0 Å². The molecular weight excluding hydrogens is 417 g/mol. The van der Waals surface area contributed by atoms with Crippen molar-refractivity contribution in [1.82, 2.24) is 10.0 Å². The van der Waals surface area contributed by atoms with Crippen molar-refractivity contribution in [3.63, 3.8) is 0 Å². The summed E-state index contributed by atoms with van der Waals surface area (Å²) in [6, 6.07) is 4.56. The number of piperidine rings is 1. The number of nitrogens with zero attached hydrogens (tertiary/aromatic N) is 1. The first-order valence-corrected chi connectivity index (χ1v) is 12.1. The number of benzene rings is 1. The summed E-state index contributed by atoms with van der Waals surface area (Å²) in [5.41, 5.74) is 1.27. The van der Waals surface area contributed by atoms with Crippen LogP contribution in [0.3, 0.4) is 0 Å². The molecule has 2 rings (SSSR count). The third kappa shape index (κ3) is 8.16. The number of amides is 1. The molecule has 1 unspecified atom stereocenters. The maximum Gasteiger partial charge on any atom is 0.407 e. The number of nitrogens with one attached hydrogen (secondary N) is 2. The van der Waals surface area contributed by atoms with Crippen LogP contribution in [-0.2, 0) is 16.1 Å². The molecule has 0 saturated carbocycles. The summed E-state index contributed by atoms with van der Waals surface area (Å²) < 4.78 is 34.6. The van der Waals surface area contributed by atoms with Gasteiger partial charge in [0, 0.05) is 36.7 Å². The number of hydrogen-bond acceptors (Lipinski definition) is 5. The Morgan fingerprint density at radius 1 is 1.26 bits per heavy atom. The van der Waals surface area contributed by atoms with Gasteiger partial charge >= 0.3 is 6.09 Å². The molecule has 1 amide bonds. The van der Waals surface area contributed by atoms with Gasteiger partial charge in [0.1, 0.15) is 16.2 Å². The maximum absolute atomic E-state index is 14.0. The van der Waals surface area contributed by atoms with Gasteiger partial charge in [-0.05, 0) is 91.0 Å². The highest BCUT2D eigenvalue weighted by Gasteiger charge is 2.30. The van der Waals surface area contributed by atoms with Crippen molar-refractivity contribution in [2.75, 3.05) is 24.5 Å². The van der Waals surface area contributed by atoms with Gasteiger partial charge in [0.15, 0.2) is 0 Å². The monoisotopic (exact) mass is 455 g/mol. The fraction of sp³-hybridized carbons (Fsp3) is 0.696. The zero-order valence-corrected chi connectivity index (χ0v) is 20.7. The molecule has 1 heterocycles. The Labute approximate surface area is 189 Å². The Kier molecular flexibility index (Phi) is 8.64. The van der Waals surface area contributed by atoms with E-state index in [0.29, 0.717) is 12.5 Å². The third-order valence-corrected chi connectivity index (χ3v) is 6.87. The molecule has 2 N–H and O–H groups in total. The minimum absolute atomic E-state index is 0.252. The van der Waals surface area contributed by atoms with Crippen LogP contribution >= 0.6 is 0 Å². The molecule has 1 saturated heterocycles. The standard InChI is InChI=1S/C23H38FN3O3S/c1-16(26-31(29)23(5,6)7)19-14-18(24)8-9-20(19)27-12-10-17(11-13-27)15-25-21(28)30-22(2,3)4/h8-9,14,16-17,26H,10-13,15H2,1-7H3,(H,25,28)/t16-,31?/m1/s1. The van der Waals surface area contributed by atoms with Gasteiger partial charge in [0.2, 0.25) is 0 Å². The number of hydrogen-bond donors (Lipinski definition) is 2. The first-order chi connectivity index (χ1) is 14.3. The Morgan fingerprint density at radius 2 is 1.87 bits per heavy atom. The summed E-state index contributed by atoms with van der Waals surface area (Å²) in [5.74, 6) is 0.0713.